The molecule has 0 spiro atoms. The summed E-state index contributed by atoms with van der Waals surface area (Å²) in [6.45, 7) is 6.73. The third-order valence-corrected chi connectivity index (χ3v) is 7.77. The van der Waals surface area contributed by atoms with E-state index in [9.17, 15) is 8.42 Å². The summed E-state index contributed by atoms with van der Waals surface area (Å²) < 4.78 is 32.9. The summed E-state index contributed by atoms with van der Waals surface area (Å²) in [5, 5.41) is 0. The number of nitrogens with zero attached hydrogens (tertiary/aromatic N) is 1. The molecule has 4 nitrogen and oxygen atoms in total. The molecular weight excluding hydrogens is 286 g/mol. The number of hydrogen-bond donors (Lipinski definition) is 0. The molecule has 0 aromatic carbocycles. The molecule has 1 saturated carbocycles. The fourth-order valence-corrected chi connectivity index (χ4v) is 5.20. The molecule has 1 aromatic rings. The van der Waals surface area contributed by atoms with Crippen molar-refractivity contribution in [1.82, 2.24) is 4.31 Å². The van der Waals surface area contributed by atoms with E-state index in [0.717, 1.165) is 43.6 Å². The molecule has 2 atom stereocenters. The van der Waals surface area contributed by atoms with Crippen LogP contribution in [0.15, 0.2) is 16.5 Å². The van der Waals surface area contributed by atoms with Crippen LogP contribution in [-0.4, -0.2) is 24.0 Å². The van der Waals surface area contributed by atoms with Gasteiger partial charge in [-0.1, -0.05) is 13.8 Å². The topological polar surface area (TPSA) is 50.5 Å². The minimum Gasteiger partial charge on any atom is -0.464 e. The molecule has 0 radical (unpaired) electrons. The first-order valence-electron chi connectivity index (χ1n) is 7.97. The summed E-state index contributed by atoms with van der Waals surface area (Å²) >= 11 is 0. The second kappa shape index (κ2) is 5.13. The highest BCUT2D eigenvalue weighted by Crippen LogP contribution is 2.48. The van der Waals surface area contributed by atoms with E-state index in [1.165, 1.54) is 0 Å². The molecule has 0 N–H and O–H groups in total. The highest BCUT2D eigenvalue weighted by molar-refractivity contribution is 7.90. The molecule has 0 bridgehead atoms. The van der Waals surface area contributed by atoms with Gasteiger partial charge in [-0.2, -0.15) is 4.31 Å². The second-order valence-corrected chi connectivity index (χ2v) is 9.27. The second-order valence-electron chi connectivity index (χ2n) is 6.87. The maximum Gasteiger partial charge on any atom is 0.220 e. The monoisotopic (exact) mass is 311 g/mol. The summed E-state index contributed by atoms with van der Waals surface area (Å²) in [5.41, 5.74) is 0. The number of furan rings is 1. The Morgan fingerprint density at radius 1 is 1.38 bits per heavy atom. The number of sulfonamides is 1. The Labute approximate surface area is 127 Å². The quantitative estimate of drug-likeness (QED) is 0.855. The lowest BCUT2D eigenvalue weighted by molar-refractivity contribution is 0.181. The van der Waals surface area contributed by atoms with Crippen LogP contribution < -0.4 is 0 Å². The number of aryl methyl sites for hydroxylation is 1. The van der Waals surface area contributed by atoms with E-state index >= 15 is 0 Å². The standard InChI is InChI=1S/C16H25NO3S/c1-4-13-5-6-15(20-13)14-11-12(2)7-10-17(14)21(18,19)16(3)8-9-16/h5-6,12,14H,4,7-11H2,1-3H3. The van der Waals surface area contributed by atoms with Gasteiger partial charge in [-0.05, 0) is 50.7 Å². The summed E-state index contributed by atoms with van der Waals surface area (Å²) in [7, 11) is -3.23. The zero-order valence-electron chi connectivity index (χ0n) is 13.1. The van der Waals surface area contributed by atoms with Crippen LogP contribution in [0.25, 0.3) is 0 Å². The van der Waals surface area contributed by atoms with Crippen molar-refractivity contribution in [1.29, 1.82) is 0 Å². The highest BCUT2D eigenvalue weighted by Gasteiger charge is 2.55. The number of hydrogen-bond acceptors (Lipinski definition) is 3. The minimum absolute atomic E-state index is 0.128. The van der Waals surface area contributed by atoms with Crippen LogP contribution >= 0.6 is 0 Å². The first kappa shape index (κ1) is 15.1. The van der Waals surface area contributed by atoms with E-state index in [2.05, 4.69) is 6.92 Å². The molecular formula is C16H25NO3S. The average molecular weight is 311 g/mol. The van der Waals surface area contributed by atoms with Gasteiger partial charge < -0.3 is 4.42 Å². The highest BCUT2D eigenvalue weighted by atomic mass is 32.2. The van der Waals surface area contributed by atoms with Crippen molar-refractivity contribution in [2.24, 2.45) is 5.92 Å². The molecule has 5 heteroatoms. The van der Waals surface area contributed by atoms with Crippen molar-refractivity contribution >= 4 is 10.0 Å². The molecule has 1 saturated heterocycles. The van der Waals surface area contributed by atoms with Crippen LogP contribution in [-0.2, 0) is 16.4 Å². The zero-order valence-corrected chi connectivity index (χ0v) is 13.9. The van der Waals surface area contributed by atoms with E-state index < -0.39 is 14.8 Å². The van der Waals surface area contributed by atoms with Crippen LogP contribution in [0.1, 0.15) is 64.0 Å². The van der Waals surface area contributed by atoms with Gasteiger partial charge in [-0.3, -0.25) is 0 Å². The van der Waals surface area contributed by atoms with Gasteiger partial charge in [0.1, 0.15) is 11.5 Å². The fraction of sp³-hybridized carbons (Fsp3) is 0.750. The van der Waals surface area contributed by atoms with E-state index in [4.69, 9.17) is 4.42 Å². The fourth-order valence-electron chi connectivity index (χ4n) is 3.15. The van der Waals surface area contributed by atoms with Gasteiger partial charge in [-0.25, -0.2) is 8.42 Å². The van der Waals surface area contributed by atoms with E-state index in [0.29, 0.717) is 12.5 Å². The summed E-state index contributed by atoms with van der Waals surface area (Å²) in [4.78, 5) is 0. The van der Waals surface area contributed by atoms with Gasteiger partial charge in [0, 0.05) is 13.0 Å². The minimum atomic E-state index is -3.23. The van der Waals surface area contributed by atoms with Gasteiger partial charge in [0.25, 0.3) is 0 Å². The predicted octanol–water partition coefficient (Wildman–Crippen LogP) is 3.50. The van der Waals surface area contributed by atoms with E-state index in [-0.39, 0.29) is 6.04 Å². The largest absolute Gasteiger partial charge is 0.464 e. The molecule has 2 aliphatic rings. The van der Waals surface area contributed by atoms with Crippen LogP contribution in [0.3, 0.4) is 0 Å². The zero-order chi connectivity index (χ0) is 15.3. The van der Waals surface area contributed by atoms with Crippen molar-refractivity contribution < 1.29 is 12.8 Å². The molecule has 1 aromatic heterocycles. The van der Waals surface area contributed by atoms with Crippen LogP contribution in [0.4, 0.5) is 0 Å². The van der Waals surface area contributed by atoms with Gasteiger partial charge in [-0.15, -0.1) is 0 Å². The van der Waals surface area contributed by atoms with Crippen LogP contribution in [0.2, 0.25) is 0 Å². The smallest absolute Gasteiger partial charge is 0.220 e. The van der Waals surface area contributed by atoms with Crippen molar-refractivity contribution in [2.45, 2.75) is 63.7 Å². The molecule has 21 heavy (non-hydrogen) atoms. The predicted molar refractivity (Wildman–Crippen MR) is 82.5 cm³/mol. The Kier molecular flexibility index (Phi) is 3.69. The van der Waals surface area contributed by atoms with Gasteiger partial charge in [0.05, 0.1) is 10.8 Å². The molecule has 3 rings (SSSR count). The Hall–Kier alpha value is -0.810. The SMILES string of the molecule is CCc1ccc(C2CC(C)CCN2S(=O)(=O)C2(C)CC2)o1. The van der Waals surface area contributed by atoms with Crippen molar-refractivity contribution in [3.8, 4) is 0 Å². The first-order valence-corrected chi connectivity index (χ1v) is 9.41. The number of piperidine rings is 1. The number of rotatable bonds is 4. The Bertz CT molecular complexity index is 615. The summed E-state index contributed by atoms with van der Waals surface area (Å²) in [5.74, 6) is 2.27. The van der Waals surface area contributed by atoms with Crippen LogP contribution in [0, 0.1) is 5.92 Å². The molecule has 118 valence electrons. The Morgan fingerprint density at radius 3 is 2.67 bits per heavy atom. The van der Waals surface area contributed by atoms with Crippen LogP contribution in [0.5, 0.6) is 0 Å². The lowest BCUT2D eigenvalue weighted by Crippen LogP contribution is -2.45. The molecule has 2 heterocycles. The lowest BCUT2D eigenvalue weighted by atomic mass is 9.93. The van der Waals surface area contributed by atoms with Gasteiger partial charge in [0.15, 0.2) is 0 Å². The molecule has 2 unspecified atom stereocenters. The summed E-state index contributed by atoms with van der Waals surface area (Å²) in [6.07, 6.45) is 4.20. The third-order valence-electron chi connectivity index (χ3n) is 5.06. The Morgan fingerprint density at radius 2 is 2.10 bits per heavy atom. The third kappa shape index (κ3) is 2.55. The van der Waals surface area contributed by atoms with Gasteiger partial charge >= 0.3 is 0 Å². The van der Waals surface area contributed by atoms with E-state index in [1.807, 2.05) is 26.0 Å². The van der Waals surface area contributed by atoms with E-state index in [1.54, 1.807) is 4.31 Å². The average Bonchev–Trinajstić information content (AvgIpc) is 3.04. The molecule has 1 aliphatic carbocycles. The summed E-state index contributed by atoms with van der Waals surface area (Å²) in [6, 6.07) is 3.80. The maximum absolute atomic E-state index is 12.9. The lowest BCUT2D eigenvalue weighted by Gasteiger charge is -2.38. The molecule has 2 fully saturated rings. The van der Waals surface area contributed by atoms with Crippen molar-refractivity contribution in [3.05, 3.63) is 23.7 Å². The molecule has 1 aliphatic heterocycles. The first-order chi connectivity index (χ1) is 9.87. The Balaban J connectivity index is 1.93. The molecule has 0 amide bonds. The van der Waals surface area contributed by atoms with Gasteiger partial charge in [0.2, 0.25) is 10.0 Å². The van der Waals surface area contributed by atoms with Crippen molar-refractivity contribution in [2.75, 3.05) is 6.54 Å². The maximum atomic E-state index is 12.9. The van der Waals surface area contributed by atoms with Crippen molar-refractivity contribution in [3.63, 3.8) is 0 Å². The normalized spacial score (nSPS) is 29.5.